The van der Waals surface area contributed by atoms with E-state index in [1.807, 2.05) is 24.3 Å². The summed E-state index contributed by atoms with van der Waals surface area (Å²) in [7, 11) is 0. The van der Waals surface area contributed by atoms with E-state index in [4.69, 9.17) is 23.2 Å². The molecule has 22 heavy (non-hydrogen) atoms. The molecule has 3 aromatic carbocycles. The minimum Gasteiger partial charge on any atom is -0.216 e. The fourth-order valence-corrected chi connectivity index (χ4v) is 3.17. The highest BCUT2D eigenvalue weighted by Crippen LogP contribution is 2.34. The lowest BCUT2D eigenvalue weighted by atomic mass is 9.97. The first kappa shape index (κ1) is 13.5. The Balaban J connectivity index is 2.15. The molecule has 0 radical (unpaired) electrons. The van der Waals surface area contributed by atoms with Gasteiger partial charge in [-0.1, -0.05) is 71.7 Å². The number of benzene rings is 3. The molecule has 106 valence electrons. The number of hydrogen-bond acceptors (Lipinski definition) is 2. The predicted octanol–water partition coefficient (Wildman–Crippen LogP) is 5.76. The molecule has 0 aliphatic carbocycles. The van der Waals surface area contributed by atoms with Gasteiger partial charge in [0.2, 0.25) is 0 Å². The summed E-state index contributed by atoms with van der Waals surface area (Å²) in [5.74, 6) is 0.541. The molecule has 0 amide bonds. The first-order chi connectivity index (χ1) is 10.7. The predicted molar refractivity (Wildman–Crippen MR) is 92.5 cm³/mol. The number of aromatic nitrogens is 2. The van der Waals surface area contributed by atoms with Gasteiger partial charge in [0.15, 0.2) is 5.82 Å². The van der Waals surface area contributed by atoms with Crippen LogP contribution in [0.15, 0.2) is 60.7 Å². The van der Waals surface area contributed by atoms with Crippen molar-refractivity contribution >= 4 is 44.7 Å². The molecule has 0 N–H and O–H groups in total. The third kappa shape index (κ3) is 2.21. The summed E-state index contributed by atoms with van der Waals surface area (Å²) in [6.07, 6.45) is 0. The Kier molecular flexibility index (Phi) is 3.21. The third-order valence-electron chi connectivity index (χ3n) is 3.67. The molecule has 0 aliphatic rings. The molecule has 0 unspecified atom stereocenters. The van der Waals surface area contributed by atoms with Gasteiger partial charge in [0, 0.05) is 11.6 Å². The van der Waals surface area contributed by atoms with Crippen molar-refractivity contribution in [2.45, 2.75) is 0 Å². The zero-order chi connectivity index (χ0) is 15.1. The molecule has 0 fully saturated rings. The van der Waals surface area contributed by atoms with Crippen molar-refractivity contribution in [3.63, 3.8) is 0 Å². The van der Waals surface area contributed by atoms with E-state index < -0.39 is 0 Å². The zero-order valence-corrected chi connectivity index (χ0v) is 12.9. The molecular formula is C18H10Cl2N2. The molecule has 4 aromatic rings. The standard InChI is InChI=1S/C18H10Cl2N2/c19-16-10-17(20)22-18(21-16)15-9-11-5-1-2-6-12(11)13-7-3-4-8-14(13)15/h1-10H. The van der Waals surface area contributed by atoms with Crippen LogP contribution >= 0.6 is 23.2 Å². The summed E-state index contributed by atoms with van der Waals surface area (Å²) < 4.78 is 0. The second-order valence-electron chi connectivity index (χ2n) is 5.03. The van der Waals surface area contributed by atoms with Crippen molar-refractivity contribution in [2.24, 2.45) is 0 Å². The van der Waals surface area contributed by atoms with Crippen LogP contribution in [-0.4, -0.2) is 9.97 Å². The summed E-state index contributed by atoms with van der Waals surface area (Å²) in [6.45, 7) is 0. The third-order valence-corrected chi connectivity index (χ3v) is 4.06. The van der Waals surface area contributed by atoms with Crippen LogP contribution in [0.5, 0.6) is 0 Å². The molecule has 4 heteroatoms. The van der Waals surface area contributed by atoms with E-state index in [2.05, 4.69) is 40.3 Å². The van der Waals surface area contributed by atoms with Crippen LogP contribution in [0.3, 0.4) is 0 Å². The van der Waals surface area contributed by atoms with Crippen LogP contribution in [0.25, 0.3) is 32.9 Å². The van der Waals surface area contributed by atoms with E-state index in [-0.39, 0.29) is 0 Å². The Hall–Kier alpha value is -2.16. The second-order valence-corrected chi connectivity index (χ2v) is 5.80. The molecular weight excluding hydrogens is 315 g/mol. The van der Waals surface area contributed by atoms with Gasteiger partial charge in [-0.05, 0) is 27.6 Å². The summed E-state index contributed by atoms with van der Waals surface area (Å²) in [4.78, 5) is 8.66. The molecule has 1 heterocycles. The van der Waals surface area contributed by atoms with Crippen molar-refractivity contribution in [1.29, 1.82) is 0 Å². The van der Waals surface area contributed by atoms with E-state index in [0.717, 1.165) is 21.7 Å². The molecule has 0 saturated heterocycles. The molecule has 0 aliphatic heterocycles. The normalized spacial score (nSPS) is 11.2. The van der Waals surface area contributed by atoms with Gasteiger partial charge in [0.1, 0.15) is 10.3 Å². The highest BCUT2D eigenvalue weighted by Gasteiger charge is 2.11. The van der Waals surface area contributed by atoms with Crippen LogP contribution < -0.4 is 0 Å². The highest BCUT2D eigenvalue weighted by molar-refractivity contribution is 6.33. The SMILES string of the molecule is Clc1cc(Cl)nc(-c2cc3ccccc3c3ccccc23)n1. The van der Waals surface area contributed by atoms with Gasteiger partial charge in [0.25, 0.3) is 0 Å². The lowest BCUT2D eigenvalue weighted by Crippen LogP contribution is -1.92. The Labute approximate surface area is 137 Å². The molecule has 0 bridgehead atoms. The number of nitrogens with zero attached hydrogens (tertiary/aromatic N) is 2. The molecule has 4 rings (SSSR count). The van der Waals surface area contributed by atoms with E-state index in [9.17, 15) is 0 Å². The fourth-order valence-electron chi connectivity index (χ4n) is 2.75. The Morgan fingerprint density at radius 2 is 1.23 bits per heavy atom. The second kappa shape index (κ2) is 5.24. The van der Waals surface area contributed by atoms with Crippen molar-refractivity contribution in [2.75, 3.05) is 0 Å². The lowest BCUT2D eigenvalue weighted by Gasteiger charge is -2.10. The lowest BCUT2D eigenvalue weighted by molar-refractivity contribution is 1.18. The molecule has 0 atom stereocenters. The highest BCUT2D eigenvalue weighted by atomic mass is 35.5. The quantitative estimate of drug-likeness (QED) is 0.328. The smallest absolute Gasteiger partial charge is 0.163 e. The van der Waals surface area contributed by atoms with Gasteiger partial charge in [-0.25, -0.2) is 9.97 Å². The van der Waals surface area contributed by atoms with Crippen molar-refractivity contribution in [1.82, 2.24) is 9.97 Å². The van der Waals surface area contributed by atoms with Crippen LogP contribution in [0.2, 0.25) is 10.3 Å². The Morgan fingerprint density at radius 1 is 0.636 bits per heavy atom. The monoisotopic (exact) mass is 324 g/mol. The number of hydrogen-bond donors (Lipinski definition) is 0. The van der Waals surface area contributed by atoms with Gasteiger partial charge in [-0.3, -0.25) is 0 Å². The Bertz CT molecular complexity index is 992. The molecule has 1 aromatic heterocycles. The summed E-state index contributed by atoms with van der Waals surface area (Å²) in [5, 5.41) is 5.26. The van der Waals surface area contributed by atoms with Crippen molar-refractivity contribution in [3.05, 3.63) is 71.0 Å². The van der Waals surface area contributed by atoms with Gasteiger partial charge < -0.3 is 0 Å². The van der Waals surface area contributed by atoms with Gasteiger partial charge in [0.05, 0.1) is 0 Å². The van der Waals surface area contributed by atoms with Gasteiger partial charge in [-0.2, -0.15) is 0 Å². The van der Waals surface area contributed by atoms with E-state index in [1.54, 1.807) is 0 Å². The maximum absolute atomic E-state index is 6.03. The summed E-state index contributed by atoms with van der Waals surface area (Å²) in [5.41, 5.74) is 0.929. The maximum atomic E-state index is 6.03. The summed E-state index contributed by atoms with van der Waals surface area (Å²) >= 11 is 12.1. The number of rotatable bonds is 1. The van der Waals surface area contributed by atoms with Crippen LogP contribution in [-0.2, 0) is 0 Å². The average molecular weight is 325 g/mol. The first-order valence-corrected chi connectivity index (χ1v) is 7.59. The van der Waals surface area contributed by atoms with Crippen LogP contribution in [0.4, 0.5) is 0 Å². The van der Waals surface area contributed by atoms with Crippen LogP contribution in [0, 0.1) is 0 Å². The topological polar surface area (TPSA) is 25.8 Å². The minimum absolute atomic E-state index is 0.340. The summed E-state index contributed by atoms with van der Waals surface area (Å²) in [6, 6.07) is 20.1. The van der Waals surface area contributed by atoms with Gasteiger partial charge >= 0.3 is 0 Å². The van der Waals surface area contributed by atoms with Crippen molar-refractivity contribution in [3.8, 4) is 11.4 Å². The fraction of sp³-hybridized carbons (Fsp3) is 0. The first-order valence-electron chi connectivity index (χ1n) is 6.83. The Morgan fingerprint density at radius 3 is 1.95 bits per heavy atom. The van der Waals surface area contributed by atoms with Crippen molar-refractivity contribution < 1.29 is 0 Å². The largest absolute Gasteiger partial charge is 0.216 e. The van der Waals surface area contributed by atoms with E-state index in [1.165, 1.54) is 11.5 Å². The number of halogens is 2. The van der Waals surface area contributed by atoms with E-state index in [0.29, 0.717) is 16.1 Å². The van der Waals surface area contributed by atoms with Crippen LogP contribution in [0.1, 0.15) is 0 Å². The molecule has 2 nitrogen and oxygen atoms in total. The number of fused-ring (bicyclic) bond motifs is 3. The van der Waals surface area contributed by atoms with Gasteiger partial charge in [-0.15, -0.1) is 0 Å². The average Bonchev–Trinajstić information content (AvgIpc) is 2.53. The van der Waals surface area contributed by atoms with E-state index >= 15 is 0 Å². The zero-order valence-electron chi connectivity index (χ0n) is 11.4. The maximum Gasteiger partial charge on any atom is 0.163 e. The molecule has 0 spiro atoms. The minimum atomic E-state index is 0.340. The molecule has 0 saturated carbocycles.